The Hall–Kier alpha value is -3.55. The molecule has 8 heteroatoms. The highest BCUT2D eigenvalue weighted by Gasteiger charge is 2.16. The van der Waals surface area contributed by atoms with Gasteiger partial charge in [0.25, 0.3) is 5.91 Å². The number of benzene rings is 1. The number of aromatic nitrogens is 5. The molecule has 0 aliphatic rings. The van der Waals surface area contributed by atoms with Crippen LogP contribution in [0.5, 0.6) is 0 Å². The maximum atomic E-state index is 13.1. The monoisotopic (exact) mass is 364 g/mol. The highest BCUT2D eigenvalue weighted by molar-refractivity contribution is 5.94. The van der Waals surface area contributed by atoms with E-state index in [1.165, 1.54) is 12.1 Å². The molecule has 0 unspecified atom stereocenters. The predicted molar refractivity (Wildman–Crippen MR) is 97.6 cm³/mol. The van der Waals surface area contributed by atoms with Crippen molar-refractivity contribution < 1.29 is 9.18 Å². The highest BCUT2D eigenvalue weighted by Crippen LogP contribution is 2.20. The summed E-state index contributed by atoms with van der Waals surface area (Å²) in [5.41, 5.74) is 2.70. The molecule has 3 heterocycles. The number of hydrogen-bond acceptors (Lipinski definition) is 4. The molecule has 1 aromatic carbocycles. The summed E-state index contributed by atoms with van der Waals surface area (Å²) < 4.78 is 14.9. The summed E-state index contributed by atoms with van der Waals surface area (Å²) >= 11 is 0. The van der Waals surface area contributed by atoms with Crippen LogP contribution >= 0.6 is 0 Å². The normalized spacial score (nSPS) is 12.3. The number of aryl methyl sites for hydroxylation is 1. The molecule has 0 bridgehead atoms. The molecule has 0 spiro atoms. The Morgan fingerprint density at radius 1 is 1.15 bits per heavy atom. The largest absolute Gasteiger partial charge is 0.342 e. The summed E-state index contributed by atoms with van der Waals surface area (Å²) in [6.07, 6.45) is 3.52. The van der Waals surface area contributed by atoms with E-state index in [1.807, 2.05) is 6.92 Å². The quantitative estimate of drug-likeness (QED) is 0.583. The van der Waals surface area contributed by atoms with Crippen molar-refractivity contribution >= 4 is 11.6 Å². The van der Waals surface area contributed by atoms with E-state index in [1.54, 1.807) is 48.0 Å². The average Bonchev–Trinajstić information content (AvgIpc) is 3.27. The molecule has 2 N–H and O–H groups in total. The molecule has 0 aliphatic carbocycles. The Labute approximate surface area is 154 Å². The van der Waals surface area contributed by atoms with Crippen molar-refractivity contribution in [1.82, 2.24) is 29.9 Å². The summed E-state index contributed by atoms with van der Waals surface area (Å²) in [6, 6.07) is 9.28. The summed E-state index contributed by atoms with van der Waals surface area (Å²) in [5, 5.41) is 9.70. The van der Waals surface area contributed by atoms with Crippen LogP contribution in [0.4, 0.5) is 4.39 Å². The fourth-order valence-corrected chi connectivity index (χ4v) is 2.78. The molecule has 27 heavy (non-hydrogen) atoms. The first-order valence-corrected chi connectivity index (χ1v) is 8.44. The van der Waals surface area contributed by atoms with Crippen LogP contribution in [-0.2, 0) is 0 Å². The fraction of sp³-hybridized carbons (Fsp3) is 0.158. The zero-order chi connectivity index (χ0) is 19.0. The predicted octanol–water partition coefficient (Wildman–Crippen LogP) is 3.06. The van der Waals surface area contributed by atoms with E-state index >= 15 is 0 Å². The Morgan fingerprint density at radius 2 is 1.93 bits per heavy atom. The Morgan fingerprint density at radius 3 is 2.63 bits per heavy atom. The number of carbonyl (C=O) groups is 1. The van der Waals surface area contributed by atoms with E-state index in [4.69, 9.17) is 0 Å². The average molecular weight is 364 g/mol. The van der Waals surface area contributed by atoms with Crippen molar-refractivity contribution in [2.45, 2.75) is 19.9 Å². The van der Waals surface area contributed by atoms with Gasteiger partial charge in [-0.1, -0.05) is 0 Å². The van der Waals surface area contributed by atoms with E-state index in [2.05, 4.69) is 25.5 Å². The zero-order valence-corrected chi connectivity index (χ0v) is 14.8. The molecule has 7 nitrogen and oxygen atoms in total. The molecule has 4 aromatic rings. The van der Waals surface area contributed by atoms with Crippen molar-refractivity contribution in [3.8, 4) is 11.3 Å². The van der Waals surface area contributed by atoms with Gasteiger partial charge < -0.3 is 9.72 Å². The summed E-state index contributed by atoms with van der Waals surface area (Å²) in [7, 11) is 0. The minimum atomic E-state index is -0.323. The van der Waals surface area contributed by atoms with Gasteiger partial charge >= 0.3 is 0 Å². The van der Waals surface area contributed by atoms with Crippen LogP contribution in [0, 0.1) is 12.7 Å². The number of fused-ring (bicyclic) bond motifs is 1. The number of imidazole rings is 1. The SMILES string of the molecule is Cc1nc([C@H](C)NC(=O)c2ccc3nc(-c4ccc(F)cc4)cn3c2)n[nH]1. The van der Waals surface area contributed by atoms with Crippen molar-refractivity contribution in [2.75, 3.05) is 0 Å². The maximum Gasteiger partial charge on any atom is 0.253 e. The van der Waals surface area contributed by atoms with Crippen LogP contribution in [-0.4, -0.2) is 30.5 Å². The molecule has 0 saturated heterocycles. The number of carbonyl (C=O) groups excluding carboxylic acids is 1. The molecule has 1 amide bonds. The lowest BCUT2D eigenvalue weighted by Crippen LogP contribution is -2.27. The smallest absolute Gasteiger partial charge is 0.253 e. The van der Waals surface area contributed by atoms with Crippen LogP contribution in [0.15, 0.2) is 48.8 Å². The number of halogens is 1. The first-order chi connectivity index (χ1) is 13.0. The number of pyridine rings is 1. The maximum absolute atomic E-state index is 13.1. The molecular weight excluding hydrogens is 347 g/mol. The summed E-state index contributed by atoms with van der Waals surface area (Å²) in [6.45, 7) is 3.62. The Balaban J connectivity index is 1.57. The number of H-pyrrole nitrogens is 1. The minimum Gasteiger partial charge on any atom is -0.342 e. The van der Waals surface area contributed by atoms with Gasteiger partial charge in [0, 0.05) is 18.0 Å². The Kier molecular flexibility index (Phi) is 4.15. The number of amides is 1. The van der Waals surface area contributed by atoms with Gasteiger partial charge in [0.15, 0.2) is 5.82 Å². The molecule has 3 aromatic heterocycles. The molecule has 0 radical (unpaired) electrons. The van der Waals surface area contributed by atoms with E-state index in [-0.39, 0.29) is 17.8 Å². The van der Waals surface area contributed by atoms with E-state index < -0.39 is 0 Å². The standard InChI is InChI=1S/C19H17FN6O/c1-11(18-22-12(2)24-25-18)21-19(27)14-5-8-17-23-16(10-26(17)9-14)13-3-6-15(20)7-4-13/h3-11H,1-2H3,(H,21,27)(H,22,24,25)/t11-/m0/s1. The van der Waals surface area contributed by atoms with Gasteiger partial charge in [-0.15, -0.1) is 0 Å². The molecule has 0 fully saturated rings. The van der Waals surface area contributed by atoms with Gasteiger partial charge in [-0.25, -0.2) is 14.4 Å². The van der Waals surface area contributed by atoms with E-state index in [9.17, 15) is 9.18 Å². The zero-order valence-electron chi connectivity index (χ0n) is 14.8. The number of rotatable bonds is 4. The van der Waals surface area contributed by atoms with Gasteiger partial charge in [0.2, 0.25) is 0 Å². The summed E-state index contributed by atoms with van der Waals surface area (Å²) in [5.74, 6) is 0.698. The molecule has 0 saturated carbocycles. The lowest BCUT2D eigenvalue weighted by atomic mass is 10.2. The first kappa shape index (κ1) is 16.9. The molecule has 1 atom stereocenters. The minimum absolute atomic E-state index is 0.233. The van der Waals surface area contributed by atoms with Gasteiger partial charge in [-0.3, -0.25) is 9.89 Å². The second-order valence-corrected chi connectivity index (χ2v) is 6.29. The van der Waals surface area contributed by atoms with Gasteiger partial charge in [0.1, 0.15) is 17.3 Å². The first-order valence-electron chi connectivity index (χ1n) is 8.44. The third-order valence-corrected chi connectivity index (χ3v) is 4.20. The number of nitrogens with one attached hydrogen (secondary N) is 2. The van der Waals surface area contributed by atoms with E-state index in [0.29, 0.717) is 28.6 Å². The second kappa shape index (κ2) is 6.64. The van der Waals surface area contributed by atoms with Gasteiger partial charge in [-0.2, -0.15) is 5.10 Å². The molecule has 4 rings (SSSR count). The van der Waals surface area contributed by atoms with Crippen LogP contribution < -0.4 is 5.32 Å². The van der Waals surface area contributed by atoms with Crippen LogP contribution in [0.25, 0.3) is 16.9 Å². The molecular formula is C19H17FN6O. The summed E-state index contributed by atoms with van der Waals surface area (Å²) in [4.78, 5) is 21.3. The van der Waals surface area contributed by atoms with Crippen LogP contribution in [0.3, 0.4) is 0 Å². The number of hydrogen-bond donors (Lipinski definition) is 2. The highest BCUT2D eigenvalue weighted by atomic mass is 19.1. The fourth-order valence-electron chi connectivity index (χ4n) is 2.78. The third-order valence-electron chi connectivity index (χ3n) is 4.20. The van der Waals surface area contributed by atoms with Crippen LogP contribution in [0.2, 0.25) is 0 Å². The lowest BCUT2D eigenvalue weighted by molar-refractivity contribution is 0.0938. The molecule has 0 aliphatic heterocycles. The number of aromatic amines is 1. The lowest BCUT2D eigenvalue weighted by Gasteiger charge is -2.10. The van der Waals surface area contributed by atoms with E-state index in [0.717, 1.165) is 5.56 Å². The van der Waals surface area contributed by atoms with Crippen molar-refractivity contribution in [3.05, 3.63) is 71.8 Å². The van der Waals surface area contributed by atoms with Gasteiger partial charge in [0.05, 0.1) is 17.3 Å². The number of nitrogens with zero attached hydrogens (tertiary/aromatic N) is 4. The molecule has 136 valence electrons. The van der Waals surface area contributed by atoms with Crippen molar-refractivity contribution in [3.63, 3.8) is 0 Å². The third kappa shape index (κ3) is 3.41. The topological polar surface area (TPSA) is 88.0 Å². The van der Waals surface area contributed by atoms with Gasteiger partial charge in [-0.05, 0) is 50.2 Å². The second-order valence-electron chi connectivity index (χ2n) is 6.29. The van der Waals surface area contributed by atoms with Crippen molar-refractivity contribution in [1.29, 1.82) is 0 Å². The van der Waals surface area contributed by atoms with Crippen LogP contribution in [0.1, 0.15) is 35.0 Å². The Bertz CT molecular complexity index is 1110. The van der Waals surface area contributed by atoms with Crippen molar-refractivity contribution in [2.24, 2.45) is 0 Å².